The molecule has 23 heavy (non-hydrogen) atoms. The van der Waals surface area contributed by atoms with Crippen molar-refractivity contribution in [2.24, 2.45) is 0 Å². The van der Waals surface area contributed by atoms with Crippen LogP contribution in [-0.4, -0.2) is 44.2 Å². The van der Waals surface area contributed by atoms with E-state index in [9.17, 15) is 32.3 Å². The van der Waals surface area contributed by atoms with Gasteiger partial charge in [-0.2, -0.15) is 13.2 Å². The number of nitrogens with zero attached hydrogens (tertiary/aromatic N) is 1. The first-order chi connectivity index (χ1) is 10.7. The van der Waals surface area contributed by atoms with E-state index in [-0.39, 0.29) is 10.6 Å². The highest BCUT2D eigenvalue weighted by Crippen LogP contribution is 2.41. The molecule has 0 amide bonds. The van der Waals surface area contributed by atoms with Crippen molar-refractivity contribution < 1.29 is 32.5 Å². The van der Waals surface area contributed by atoms with Crippen LogP contribution in [0, 0.1) is 5.82 Å². The Morgan fingerprint density at radius 1 is 1.52 bits per heavy atom. The van der Waals surface area contributed by atoms with Crippen molar-refractivity contribution in [2.45, 2.75) is 24.1 Å². The van der Waals surface area contributed by atoms with E-state index < -0.39 is 53.9 Å². The summed E-state index contributed by atoms with van der Waals surface area (Å²) >= 11 is 0. The van der Waals surface area contributed by atoms with Gasteiger partial charge in [0, 0.05) is 6.08 Å². The van der Waals surface area contributed by atoms with E-state index in [4.69, 9.17) is 9.84 Å². The number of alkyl halides is 1. The van der Waals surface area contributed by atoms with E-state index in [0.29, 0.717) is 6.20 Å². The molecule has 0 bridgehead atoms. The van der Waals surface area contributed by atoms with Gasteiger partial charge in [-0.25, -0.2) is 9.18 Å². The van der Waals surface area contributed by atoms with Gasteiger partial charge in [-0.1, -0.05) is 5.73 Å². The molecule has 11 heteroatoms. The topological polar surface area (TPSA) is 105 Å². The third kappa shape index (κ3) is 2.99. The predicted octanol–water partition coefficient (Wildman–Crippen LogP) is -0.430. The molecule has 4 atom stereocenters. The smallest absolute Gasteiger partial charge is 0.330 e. The van der Waals surface area contributed by atoms with Crippen molar-refractivity contribution in [3.05, 3.63) is 50.7 Å². The van der Waals surface area contributed by atoms with Gasteiger partial charge in [0.25, 0.3) is 5.56 Å². The van der Waals surface area contributed by atoms with Gasteiger partial charge in [-0.3, -0.25) is 14.3 Å². The lowest BCUT2D eigenvalue weighted by Gasteiger charge is -2.25. The summed E-state index contributed by atoms with van der Waals surface area (Å²) in [5.41, 5.74) is -4.58. The SMILES string of the molecule is O=c1[nH]c(=O)n([C@@H]2O[C@H](CO)[C@@H](O)[C@]2(F)C=C=C(F)F)cc1F. The molecule has 3 N–H and O–H groups in total. The second kappa shape index (κ2) is 6.13. The molecule has 126 valence electrons. The third-order valence-corrected chi connectivity index (χ3v) is 3.25. The number of aromatic nitrogens is 2. The maximum absolute atomic E-state index is 14.9. The predicted molar refractivity (Wildman–Crippen MR) is 65.9 cm³/mol. The van der Waals surface area contributed by atoms with Crippen LogP contribution in [0.3, 0.4) is 0 Å². The molecule has 1 saturated heterocycles. The molecule has 0 aliphatic carbocycles. The molecule has 1 aliphatic heterocycles. The molecule has 1 aliphatic rings. The fourth-order valence-electron chi connectivity index (χ4n) is 2.15. The molecule has 0 saturated carbocycles. The van der Waals surface area contributed by atoms with Crippen LogP contribution in [0.25, 0.3) is 0 Å². The first-order valence-corrected chi connectivity index (χ1v) is 6.13. The molecule has 1 aromatic rings. The van der Waals surface area contributed by atoms with Crippen molar-refractivity contribution in [1.82, 2.24) is 9.55 Å². The number of hydrogen-bond donors (Lipinski definition) is 3. The zero-order valence-corrected chi connectivity index (χ0v) is 11.2. The van der Waals surface area contributed by atoms with E-state index in [1.807, 2.05) is 0 Å². The van der Waals surface area contributed by atoms with E-state index in [1.54, 1.807) is 0 Å². The van der Waals surface area contributed by atoms with Gasteiger partial charge in [0.1, 0.15) is 12.2 Å². The van der Waals surface area contributed by atoms with Crippen LogP contribution in [0.4, 0.5) is 17.6 Å². The van der Waals surface area contributed by atoms with Crippen LogP contribution in [0.5, 0.6) is 0 Å². The van der Waals surface area contributed by atoms with Crippen molar-refractivity contribution in [3.8, 4) is 0 Å². The second-order valence-corrected chi connectivity index (χ2v) is 4.67. The summed E-state index contributed by atoms with van der Waals surface area (Å²) in [6.07, 6.45) is -7.83. The Hall–Kier alpha value is -2.20. The van der Waals surface area contributed by atoms with Crippen molar-refractivity contribution in [1.29, 1.82) is 0 Å². The summed E-state index contributed by atoms with van der Waals surface area (Å²) in [7, 11) is 0. The average Bonchev–Trinajstić information content (AvgIpc) is 2.73. The zero-order chi connectivity index (χ0) is 17.4. The molecular weight excluding hydrogens is 328 g/mol. The van der Waals surface area contributed by atoms with E-state index in [1.165, 1.54) is 10.7 Å². The molecule has 2 rings (SSSR count). The number of aliphatic hydroxyl groups is 2. The van der Waals surface area contributed by atoms with Crippen molar-refractivity contribution in [3.63, 3.8) is 0 Å². The van der Waals surface area contributed by atoms with Crippen LogP contribution in [0.15, 0.2) is 33.7 Å². The van der Waals surface area contributed by atoms with E-state index >= 15 is 0 Å². The monoisotopic (exact) mass is 338 g/mol. The summed E-state index contributed by atoms with van der Waals surface area (Å²) in [6.45, 7) is -0.903. The quantitative estimate of drug-likeness (QED) is 0.512. The fourth-order valence-corrected chi connectivity index (χ4v) is 2.15. The van der Waals surface area contributed by atoms with Gasteiger partial charge < -0.3 is 14.9 Å². The molecular formula is C12H10F4N2O5. The van der Waals surface area contributed by atoms with Crippen molar-refractivity contribution >= 4 is 0 Å². The second-order valence-electron chi connectivity index (χ2n) is 4.67. The molecule has 2 heterocycles. The number of nitrogens with one attached hydrogen (secondary N) is 1. The Kier molecular flexibility index (Phi) is 4.57. The van der Waals surface area contributed by atoms with Gasteiger partial charge in [-0.15, -0.1) is 0 Å². The van der Waals surface area contributed by atoms with E-state index in [0.717, 1.165) is 0 Å². The minimum atomic E-state index is -3.13. The normalized spacial score (nSPS) is 30.1. The van der Waals surface area contributed by atoms with Gasteiger partial charge in [-0.05, 0) is 0 Å². The summed E-state index contributed by atoms with van der Waals surface area (Å²) in [5.74, 6) is -1.46. The summed E-state index contributed by atoms with van der Waals surface area (Å²) < 4.78 is 57.7. The number of halogens is 4. The Bertz CT molecular complexity index is 780. The maximum Gasteiger partial charge on any atom is 0.330 e. The Balaban J connectivity index is 2.63. The highest BCUT2D eigenvalue weighted by molar-refractivity contribution is 5.15. The highest BCUT2D eigenvalue weighted by atomic mass is 19.3. The average molecular weight is 338 g/mol. The fraction of sp³-hybridized carbons (Fsp3) is 0.417. The zero-order valence-electron chi connectivity index (χ0n) is 11.2. The molecule has 0 aromatic carbocycles. The number of hydrogen-bond acceptors (Lipinski definition) is 5. The van der Waals surface area contributed by atoms with Crippen LogP contribution in [0.2, 0.25) is 0 Å². The van der Waals surface area contributed by atoms with Gasteiger partial charge in [0.05, 0.1) is 12.8 Å². The number of ether oxygens (including phenoxy) is 1. The lowest BCUT2D eigenvalue weighted by Crippen LogP contribution is -2.45. The van der Waals surface area contributed by atoms with Crippen molar-refractivity contribution in [2.75, 3.05) is 6.61 Å². The molecule has 0 radical (unpaired) electrons. The summed E-state index contributed by atoms with van der Waals surface area (Å²) in [5, 5.41) is 18.8. The number of aliphatic hydroxyl groups excluding tert-OH is 2. The maximum atomic E-state index is 14.9. The minimum absolute atomic E-state index is 0.114. The highest BCUT2D eigenvalue weighted by Gasteiger charge is 2.57. The minimum Gasteiger partial charge on any atom is -0.394 e. The van der Waals surface area contributed by atoms with Gasteiger partial charge >= 0.3 is 11.8 Å². The Labute approximate surface area is 124 Å². The molecule has 1 fully saturated rings. The molecule has 7 nitrogen and oxygen atoms in total. The largest absolute Gasteiger partial charge is 0.394 e. The summed E-state index contributed by atoms with van der Waals surface area (Å²) in [6, 6.07) is 0. The molecule has 1 aromatic heterocycles. The Morgan fingerprint density at radius 2 is 2.17 bits per heavy atom. The Morgan fingerprint density at radius 3 is 2.74 bits per heavy atom. The lowest BCUT2D eigenvalue weighted by molar-refractivity contribution is -0.0560. The van der Waals surface area contributed by atoms with Crippen LogP contribution < -0.4 is 11.2 Å². The standard InChI is InChI=1S/C12H10F4N2O5/c13-5-3-18(11(22)17-9(5)21)10-12(16,2-1-7(14)15)8(20)6(4-19)23-10/h2-3,6,8,10,19-20H,4H2,(H,17,21,22)/t6-,8-,10-,12-/m1/s1. The first kappa shape index (κ1) is 17.2. The number of H-pyrrole nitrogens is 1. The molecule has 0 unspecified atom stereocenters. The molecule has 0 spiro atoms. The third-order valence-electron chi connectivity index (χ3n) is 3.25. The lowest BCUT2D eigenvalue weighted by atomic mass is 9.96. The number of aromatic amines is 1. The summed E-state index contributed by atoms with van der Waals surface area (Å²) in [4.78, 5) is 24.2. The van der Waals surface area contributed by atoms with Crippen LogP contribution >= 0.6 is 0 Å². The van der Waals surface area contributed by atoms with E-state index in [2.05, 4.69) is 0 Å². The van der Waals surface area contributed by atoms with Gasteiger partial charge in [0.2, 0.25) is 11.5 Å². The van der Waals surface area contributed by atoms with Gasteiger partial charge in [0.15, 0.2) is 6.23 Å². The number of rotatable bonds is 3. The van der Waals surface area contributed by atoms with Crippen LogP contribution in [-0.2, 0) is 4.74 Å². The first-order valence-electron chi connectivity index (χ1n) is 6.13. The van der Waals surface area contributed by atoms with Crippen LogP contribution in [0.1, 0.15) is 6.23 Å².